The van der Waals surface area contributed by atoms with E-state index in [0.717, 1.165) is 5.56 Å². The summed E-state index contributed by atoms with van der Waals surface area (Å²) in [5.74, 6) is 0.000517. The Morgan fingerprint density at radius 1 is 1.45 bits per heavy atom. The fraction of sp³-hybridized carbons (Fsp3) is 0.375. The third kappa shape index (κ3) is 3.31. The zero-order valence-electron chi connectivity index (χ0n) is 12.4. The van der Waals surface area contributed by atoms with Crippen LogP contribution in [0.4, 0.5) is 0 Å². The summed E-state index contributed by atoms with van der Waals surface area (Å²) in [6.07, 6.45) is 3.46. The van der Waals surface area contributed by atoms with Crippen LogP contribution < -0.4 is 0 Å². The summed E-state index contributed by atoms with van der Waals surface area (Å²) >= 11 is 6.15. The van der Waals surface area contributed by atoms with Crippen LogP contribution in [0.15, 0.2) is 36.7 Å². The Kier molecular flexibility index (Phi) is 4.45. The molecule has 3 rings (SSSR count). The van der Waals surface area contributed by atoms with Gasteiger partial charge < -0.3 is 9.64 Å². The van der Waals surface area contributed by atoms with E-state index >= 15 is 0 Å². The van der Waals surface area contributed by atoms with Crippen LogP contribution in [0, 0.1) is 0 Å². The van der Waals surface area contributed by atoms with Gasteiger partial charge in [-0.2, -0.15) is 5.10 Å². The van der Waals surface area contributed by atoms with E-state index in [0.29, 0.717) is 36.8 Å². The van der Waals surface area contributed by atoms with Crippen LogP contribution in [0.25, 0.3) is 0 Å². The van der Waals surface area contributed by atoms with Crippen LogP contribution in [-0.2, 0) is 11.3 Å². The third-order valence-electron chi connectivity index (χ3n) is 3.70. The van der Waals surface area contributed by atoms with Crippen molar-refractivity contribution in [3.8, 4) is 0 Å². The number of aromatic nitrogens is 2. The number of nitrogens with zero attached hydrogens (tertiary/aromatic N) is 3. The molecule has 1 aromatic carbocycles. The Labute approximate surface area is 134 Å². The Bertz CT molecular complexity index is 671. The standard InChI is InChI=1S/C16H18ClN3O2/c1-12-9-19(6-7-22-12)16(21)14-8-18-20(11-14)10-13-4-2-3-5-15(13)17/h2-5,8,11-12H,6-7,9-10H2,1H3. The highest BCUT2D eigenvalue weighted by atomic mass is 35.5. The second-order valence-corrected chi connectivity index (χ2v) is 5.86. The average Bonchev–Trinajstić information content (AvgIpc) is 2.97. The van der Waals surface area contributed by atoms with Crippen LogP contribution in [0.5, 0.6) is 0 Å². The summed E-state index contributed by atoms with van der Waals surface area (Å²) in [5, 5.41) is 4.97. The number of rotatable bonds is 3. The predicted molar refractivity (Wildman–Crippen MR) is 84.1 cm³/mol. The molecule has 0 spiro atoms. The molecule has 1 aliphatic rings. The molecular weight excluding hydrogens is 302 g/mol. The van der Waals surface area contributed by atoms with Crippen LogP contribution in [0.3, 0.4) is 0 Å². The van der Waals surface area contributed by atoms with E-state index in [-0.39, 0.29) is 12.0 Å². The van der Waals surface area contributed by atoms with E-state index < -0.39 is 0 Å². The number of hydrogen-bond donors (Lipinski definition) is 0. The first-order valence-electron chi connectivity index (χ1n) is 7.30. The molecule has 0 saturated carbocycles. The van der Waals surface area contributed by atoms with E-state index in [1.165, 1.54) is 0 Å². The topological polar surface area (TPSA) is 47.4 Å². The maximum absolute atomic E-state index is 12.5. The Morgan fingerprint density at radius 3 is 3.05 bits per heavy atom. The number of carbonyl (C=O) groups is 1. The van der Waals surface area contributed by atoms with Gasteiger partial charge in [0.15, 0.2) is 0 Å². The highest BCUT2D eigenvalue weighted by Crippen LogP contribution is 2.16. The molecule has 1 amide bonds. The van der Waals surface area contributed by atoms with Crippen LogP contribution in [0.2, 0.25) is 5.02 Å². The molecule has 1 aromatic heterocycles. The van der Waals surface area contributed by atoms with Crippen LogP contribution in [-0.4, -0.2) is 46.4 Å². The average molecular weight is 320 g/mol. The monoisotopic (exact) mass is 319 g/mol. The van der Waals surface area contributed by atoms with E-state index in [4.69, 9.17) is 16.3 Å². The van der Waals surface area contributed by atoms with Crippen LogP contribution in [0.1, 0.15) is 22.8 Å². The summed E-state index contributed by atoms with van der Waals surface area (Å²) in [7, 11) is 0. The van der Waals surface area contributed by atoms with Crippen molar-refractivity contribution in [2.75, 3.05) is 19.7 Å². The lowest BCUT2D eigenvalue weighted by Gasteiger charge is -2.30. The normalized spacial score (nSPS) is 18.5. The maximum atomic E-state index is 12.5. The Morgan fingerprint density at radius 2 is 2.27 bits per heavy atom. The van der Waals surface area contributed by atoms with Gasteiger partial charge in [-0.05, 0) is 18.6 Å². The minimum Gasteiger partial charge on any atom is -0.375 e. The molecule has 2 aromatic rings. The molecule has 116 valence electrons. The lowest BCUT2D eigenvalue weighted by molar-refractivity contribution is -0.0124. The number of halogens is 1. The number of carbonyl (C=O) groups excluding carboxylic acids is 1. The van der Waals surface area contributed by atoms with Gasteiger partial charge in [0.1, 0.15) is 0 Å². The van der Waals surface area contributed by atoms with Gasteiger partial charge in [0.2, 0.25) is 0 Å². The molecule has 0 bridgehead atoms. The molecule has 1 unspecified atom stereocenters. The summed E-state index contributed by atoms with van der Waals surface area (Å²) in [6.45, 7) is 4.35. The van der Waals surface area contributed by atoms with Gasteiger partial charge in [-0.1, -0.05) is 29.8 Å². The van der Waals surface area contributed by atoms with Crippen molar-refractivity contribution in [3.63, 3.8) is 0 Å². The first kappa shape index (κ1) is 15.1. The summed E-state index contributed by atoms with van der Waals surface area (Å²) in [4.78, 5) is 14.3. The molecule has 2 heterocycles. The quantitative estimate of drug-likeness (QED) is 0.873. The molecule has 0 N–H and O–H groups in total. The van der Waals surface area contributed by atoms with Crippen molar-refractivity contribution in [2.24, 2.45) is 0 Å². The lowest BCUT2D eigenvalue weighted by atomic mass is 10.2. The third-order valence-corrected chi connectivity index (χ3v) is 4.07. The van der Waals surface area contributed by atoms with Crippen molar-refractivity contribution in [2.45, 2.75) is 19.6 Å². The molecular formula is C16H18ClN3O2. The van der Waals surface area contributed by atoms with Crippen LogP contribution >= 0.6 is 11.6 Å². The van der Waals surface area contributed by atoms with Crippen molar-refractivity contribution in [1.29, 1.82) is 0 Å². The van der Waals surface area contributed by atoms with Gasteiger partial charge in [0.25, 0.3) is 5.91 Å². The SMILES string of the molecule is CC1CN(C(=O)c2cnn(Cc3ccccc3Cl)c2)CCO1. The molecule has 0 radical (unpaired) electrons. The van der Waals surface area contributed by atoms with Crippen molar-refractivity contribution < 1.29 is 9.53 Å². The van der Waals surface area contributed by atoms with Gasteiger partial charge in [0.05, 0.1) is 31.0 Å². The minimum atomic E-state index is 0.000517. The highest BCUT2D eigenvalue weighted by molar-refractivity contribution is 6.31. The molecule has 22 heavy (non-hydrogen) atoms. The zero-order chi connectivity index (χ0) is 15.5. The van der Waals surface area contributed by atoms with E-state index in [9.17, 15) is 4.79 Å². The van der Waals surface area contributed by atoms with Gasteiger partial charge >= 0.3 is 0 Å². The minimum absolute atomic E-state index is 0.000517. The number of morpholine rings is 1. The van der Waals surface area contributed by atoms with Gasteiger partial charge in [-0.15, -0.1) is 0 Å². The summed E-state index contributed by atoms with van der Waals surface area (Å²) in [5.41, 5.74) is 1.58. The fourth-order valence-corrected chi connectivity index (χ4v) is 2.74. The second-order valence-electron chi connectivity index (χ2n) is 5.45. The van der Waals surface area contributed by atoms with E-state index in [2.05, 4.69) is 5.10 Å². The molecule has 1 atom stereocenters. The number of amides is 1. The predicted octanol–water partition coefficient (Wildman–Crippen LogP) is 2.45. The number of hydrogen-bond acceptors (Lipinski definition) is 3. The fourth-order valence-electron chi connectivity index (χ4n) is 2.55. The lowest BCUT2D eigenvalue weighted by Crippen LogP contribution is -2.44. The molecule has 1 saturated heterocycles. The first-order valence-corrected chi connectivity index (χ1v) is 7.68. The van der Waals surface area contributed by atoms with Gasteiger partial charge in [-0.3, -0.25) is 9.48 Å². The van der Waals surface area contributed by atoms with E-state index in [1.54, 1.807) is 17.1 Å². The van der Waals surface area contributed by atoms with Crippen molar-refractivity contribution in [3.05, 3.63) is 52.8 Å². The van der Waals surface area contributed by atoms with Gasteiger partial charge in [0, 0.05) is 24.3 Å². The smallest absolute Gasteiger partial charge is 0.257 e. The first-order chi connectivity index (χ1) is 10.6. The molecule has 1 aliphatic heterocycles. The highest BCUT2D eigenvalue weighted by Gasteiger charge is 2.23. The maximum Gasteiger partial charge on any atom is 0.257 e. The summed E-state index contributed by atoms with van der Waals surface area (Å²) < 4.78 is 7.20. The largest absolute Gasteiger partial charge is 0.375 e. The van der Waals surface area contributed by atoms with Crippen molar-refractivity contribution in [1.82, 2.24) is 14.7 Å². The molecule has 0 aliphatic carbocycles. The number of benzene rings is 1. The zero-order valence-corrected chi connectivity index (χ0v) is 13.2. The summed E-state index contributed by atoms with van der Waals surface area (Å²) in [6, 6.07) is 7.63. The number of ether oxygens (including phenoxy) is 1. The van der Waals surface area contributed by atoms with E-state index in [1.807, 2.05) is 36.1 Å². The van der Waals surface area contributed by atoms with Gasteiger partial charge in [-0.25, -0.2) is 0 Å². The second kappa shape index (κ2) is 6.50. The molecule has 1 fully saturated rings. The Hall–Kier alpha value is -1.85. The molecule has 5 nitrogen and oxygen atoms in total. The van der Waals surface area contributed by atoms with Crippen molar-refractivity contribution >= 4 is 17.5 Å². The Balaban J connectivity index is 1.71. The molecule has 6 heteroatoms.